The molecule has 2 aromatic carbocycles. The summed E-state index contributed by atoms with van der Waals surface area (Å²) in [5.74, 6) is -0.530. The molecule has 0 saturated heterocycles. The van der Waals surface area contributed by atoms with E-state index in [0.29, 0.717) is 6.42 Å². The second-order valence-electron chi connectivity index (χ2n) is 4.54. The summed E-state index contributed by atoms with van der Waals surface area (Å²) in [5, 5.41) is 48.9. The van der Waals surface area contributed by atoms with E-state index in [1.54, 1.807) is 13.0 Å². The Bertz CT molecular complexity index is 840. The van der Waals surface area contributed by atoms with Crippen molar-refractivity contribution in [3.8, 4) is 17.6 Å². The van der Waals surface area contributed by atoms with Crippen LogP contribution in [0, 0.1) is 21.4 Å². The Morgan fingerprint density at radius 2 is 2.04 bits per heavy atom. The average molecular weight is 311 g/mol. The molecule has 0 unspecified atom stereocenters. The molecule has 0 aliphatic rings. The summed E-state index contributed by atoms with van der Waals surface area (Å²) in [5.41, 5.74) is 0.0136. The number of azo groups is 1. The molecule has 0 heterocycles. The monoisotopic (exact) mass is 311 g/mol. The van der Waals surface area contributed by atoms with Crippen LogP contribution in [0.5, 0.6) is 11.5 Å². The van der Waals surface area contributed by atoms with Crippen molar-refractivity contribution in [1.82, 2.24) is 0 Å². The minimum Gasteiger partial charge on any atom is -0.871 e. The van der Waals surface area contributed by atoms with E-state index in [-0.39, 0.29) is 33.9 Å². The van der Waals surface area contributed by atoms with Crippen molar-refractivity contribution in [2.45, 2.75) is 13.3 Å². The van der Waals surface area contributed by atoms with Crippen LogP contribution in [0.15, 0.2) is 40.6 Å². The Morgan fingerprint density at radius 1 is 1.30 bits per heavy atom. The summed E-state index contributed by atoms with van der Waals surface area (Å²) < 4.78 is 0. The van der Waals surface area contributed by atoms with Gasteiger partial charge in [-0.15, -0.1) is 0 Å². The fraction of sp³-hybridized carbons (Fsp3) is 0.133. The maximum Gasteiger partial charge on any atom is 0.287 e. The van der Waals surface area contributed by atoms with Crippen molar-refractivity contribution in [2.75, 3.05) is 0 Å². The first-order chi connectivity index (χ1) is 11.0. The summed E-state index contributed by atoms with van der Waals surface area (Å²) >= 11 is 0. The molecule has 116 valence electrons. The largest absolute Gasteiger partial charge is 0.871 e. The second-order valence-corrected chi connectivity index (χ2v) is 4.54. The van der Waals surface area contributed by atoms with Crippen molar-refractivity contribution in [1.29, 1.82) is 5.26 Å². The van der Waals surface area contributed by atoms with Gasteiger partial charge in [0.25, 0.3) is 5.69 Å². The van der Waals surface area contributed by atoms with Crippen molar-refractivity contribution in [2.24, 2.45) is 10.2 Å². The quantitative estimate of drug-likeness (QED) is 0.525. The molecule has 0 amide bonds. The summed E-state index contributed by atoms with van der Waals surface area (Å²) in [6, 6.07) is 8.09. The number of nitriles is 1. The number of benzene rings is 2. The highest BCUT2D eigenvalue weighted by molar-refractivity contribution is 5.60. The molecule has 1 N–H and O–H groups in total. The summed E-state index contributed by atoms with van der Waals surface area (Å²) in [4.78, 5) is 10.1. The second kappa shape index (κ2) is 6.53. The van der Waals surface area contributed by atoms with Crippen molar-refractivity contribution in [3.05, 3.63) is 51.6 Å². The Morgan fingerprint density at radius 3 is 2.65 bits per heavy atom. The molecule has 23 heavy (non-hydrogen) atoms. The maximum absolute atomic E-state index is 12.1. The third-order valence-electron chi connectivity index (χ3n) is 3.14. The maximum atomic E-state index is 12.1. The number of nitro groups is 1. The molecule has 0 aromatic heterocycles. The zero-order valence-corrected chi connectivity index (χ0v) is 12.1. The van der Waals surface area contributed by atoms with Crippen molar-refractivity contribution < 1.29 is 15.1 Å². The van der Waals surface area contributed by atoms with E-state index < -0.39 is 10.7 Å². The van der Waals surface area contributed by atoms with Gasteiger partial charge in [-0.25, -0.2) is 0 Å². The van der Waals surface area contributed by atoms with E-state index in [1.165, 1.54) is 24.3 Å². The van der Waals surface area contributed by atoms with Gasteiger partial charge in [0, 0.05) is 6.07 Å². The van der Waals surface area contributed by atoms with Crippen LogP contribution in [0.3, 0.4) is 0 Å². The summed E-state index contributed by atoms with van der Waals surface area (Å²) in [6.45, 7) is 1.73. The van der Waals surface area contributed by atoms with Crippen LogP contribution in [0.4, 0.5) is 17.1 Å². The van der Waals surface area contributed by atoms with Crippen molar-refractivity contribution in [3.63, 3.8) is 0 Å². The van der Waals surface area contributed by atoms with Gasteiger partial charge >= 0.3 is 0 Å². The van der Waals surface area contributed by atoms with E-state index in [0.717, 1.165) is 6.07 Å². The number of aromatic hydroxyl groups is 1. The number of rotatable bonds is 4. The third kappa shape index (κ3) is 3.24. The van der Waals surface area contributed by atoms with E-state index in [9.17, 15) is 20.3 Å². The van der Waals surface area contributed by atoms with Crippen LogP contribution >= 0.6 is 0 Å². The molecule has 8 heteroatoms. The van der Waals surface area contributed by atoms with E-state index in [1.807, 2.05) is 0 Å². The molecule has 0 bridgehead atoms. The van der Waals surface area contributed by atoms with Crippen LogP contribution in [0.1, 0.15) is 18.1 Å². The van der Waals surface area contributed by atoms with E-state index in [4.69, 9.17) is 5.26 Å². The number of hydrogen-bond acceptors (Lipinski definition) is 7. The fourth-order valence-corrected chi connectivity index (χ4v) is 1.97. The minimum absolute atomic E-state index is 0.0384. The standard InChI is InChI=1S/C15H12N4O4/c1-2-11-14(20)6-4-12(15(11)21)18-17-10-3-5-13(19(22)23)9(7-10)8-16/h3-7,20-21H,2H2,1H3/p-1. The number of phenolic OH excluding ortho intramolecular Hbond substituents is 1. The molecule has 0 aliphatic carbocycles. The Hall–Kier alpha value is -3.47. The fourth-order valence-electron chi connectivity index (χ4n) is 1.97. The lowest BCUT2D eigenvalue weighted by molar-refractivity contribution is -0.385. The number of phenols is 1. The van der Waals surface area contributed by atoms with Crippen molar-refractivity contribution >= 4 is 17.1 Å². The number of nitro benzene ring substituents is 1. The predicted octanol–water partition coefficient (Wildman–Crippen LogP) is 3.22. The molecular weight excluding hydrogens is 300 g/mol. The Labute approximate surface area is 131 Å². The first-order valence-electron chi connectivity index (χ1n) is 6.60. The first-order valence-corrected chi connectivity index (χ1v) is 6.60. The van der Waals surface area contributed by atoms with Gasteiger partial charge in [-0.05, 0) is 36.2 Å². The van der Waals surface area contributed by atoms with Gasteiger partial charge in [0.05, 0.1) is 16.3 Å². The van der Waals surface area contributed by atoms with Crippen LogP contribution in [0.2, 0.25) is 0 Å². The lowest BCUT2D eigenvalue weighted by Gasteiger charge is -2.15. The molecule has 8 nitrogen and oxygen atoms in total. The van der Waals surface area contributed by atoms with Gasteiger partial charge in [-0.2, -0.15) is 15.5 Å². The highest BCUT2D eigenvalue weighted by Crippen LogP contribution is 2.35. The number of nitrogens with zero attached hydrogens (tertiary/aromatic N) is 4. The number of hydrogen-bond donors (Lipinski definition) is 1. The Balaban J connectivity index is 2.38. The zero-order valence-electron chi connectivity index (χ0n) is 12.1. The first kappa shape index (κ1) is 15.9. The molecule has 2 rings (SSSR count). The lowest BCUT2D eigenvalue weighted by Crippen LogP contribution is -1.96. The van der Waals surface area contributed by atoms with E-state index in [2.05, 4.69) is 10.2 Å². The van der Waals surface area contributed by atoms with Crippen LogP contribution in [-0.2, 0) is 6.42 Å². The van der Waals surface area contributed by atoms with Gasteiger partial charge in [0.15, 0.2) is 0 Å². The molecule has 0 aliphatic heterocycles. The summed E-state index contributed by atoms with van der Waals surface area (Å²) in [6.07, 6.45) is 0.351. The average Bonchev–Trinajstić information content (AvgIpc) is 2.54. The molecule has 0 fully saturated rings. The highest BCUT2D eigenvalue weighted by Gasteiger charge is 2.13. The zero-order chi connectivity index (χ0) is 17.0. The van der Waals surface area contributed by atoms with Gasteiger partial charge in [0.2, 0.25) is 0 Å². The minimum atomic E-state index is -0.664. The van der Waals surface area contributed by atoms with Crippen LogP contribution in [0.25, 0.3) is 0 Å². The van der Waals surface area contributed by atoms with E-state index >= 15 is 0 Å². The Kier molecular flexibility index (Phi) is 4.52. The highest BCUT2D eigenvalue weighted by atomic mass is 16.6. The van der Waals surface area contributed by atoms with Gasteiger partial charge < -0.3 is 10.2 Å². The molecule has 0 atom stereocenters. The van der Waals surface area contributed by atoms with Gasteiger partial charge in [-0.3, -0.25) is 10.1 Å². The SMILES string of the molecule is CCc1c(O)ccc(N=Nc2ccc([N+](=O)[O-])c(C#N)c2)c1[O-]. The third-order valence-corrected chi connectivity index (χ3v) is 3.14. The molecule has 0 saturated carbocycles. The summed E-state index contributed by atoms with van der Waals surface area (Å²) in [7, 11) is 0. The normalized spacial score (nSPS) is 10.6. The molecule has 0 radical (unpaired) electrons. The smallest absolute Gasteiger partial charge is 0.287 e. The topological polar surface area (TPSA) is 135 Å². The molecular formula is C15H11N4O4-. The lowest BCUT2D eigenvalue weighted by atomic mass is 10.1. The van der Waals surface area contributed by atoms with Gasteiger partial charge in [0.1, 0.15) is 17.4 Å². The molecule has 2 aromatic rings. The predicted molar refractivity (Wildman–Crippen MR) is 78.9 cm³/mol. The molecule has 0 spiro atoms. The van der Waals surface area contributed by atoms with Crippen LogP contribution in [-0.4, -0.2) is 10.0 Å². The van der Waals surface area contributed by atoms with Gasteiger partial charge in [-0.1, -0.05) is 12.7 Å². The van der Waals surface area contributed by atoms with Crippen LogP contribution < -0.4 is 5.11 Å².